The zero-order valence-electron chi connectivity index (χ0n) is 20.8. The van der Waals surface area contributed by atoms with Gasteiger partial charge in [0.25, 0.3) is 0 Å². The molecule has 2 aliphatic carbocycles. The largest absolute Gasteiger partial charge is 0.479 e. The number of aromatic nitrogens is 7. The first-order chi connectivity index (χ1) is 16.6. The molecule has 2 fully saturated rings. The molecule has 0 unspecified atom stereocenters. The molecule has 3 aromatic rings. The zero-order chi connectivity index (χ0) is 25.0. The fraction of sp³-hybridized carbons (Fsp3) is 0.583. The molecule has 1 spiro atoms. The van der Waals surface area contributed by atoms with Crippen LogP contribution >= 0.6 is 0 Å². The summed E-state index contributed by atoms with van der Waals surface area (Å²) in [5.74, 6) is 1.55. The number of rotatable bonds is 8. The Hall–Kier alpha value is -2.95. The molecule has 3 heterocycles. The average molecular weight is 498 g/mol. The lowest BCUT2D eigenvalue weighted by atomic mass is 9.71. The molecular weight excluding hydrogens is 466 g/mol. The number of hydrogen-bond acceptors (Lipinski definition) is 9. The van der Waals surface area contributed by atoms with Gasteiger partial charge < -0.3 is 4.74 Å². The molecule has 2 aliphatic rings. The topological polar surface area (TPSA) is 126 Å². The van der Waals surface area contributed by atoms with Gasteiger partial charge in [0.15, 0.2) is 15.7 Å². The molecule has 0 saturated heterocycles. The predicted molar refractivity (Wildman–Crippen MR) is 129 cm³/mol. The Morgan fingerprint density at radius 2 is 1.77 bits per heavy atom. The van der Waals surface area contributed by atoms with Crippen LogP contribution in [-0.4, -0.2) is 55.5 Å². The second-order valence-corrected chi connectivity index (χ2v) is 12.5. The van der Waals surface area contributed by atoms with Crippen molar-refractivity contribution in [3.8, 4) is 11.6 Å². The minimum Gasteiger partial charge on any atom is -0.479 e. The molecule has 5 rings (SSSR count). The van der Waals surface area contributed by atoms with Crippen molar-refractivity contribution in [1.82, 2.24) is 34.7 Å². The Morgan fingerprint density at radius 1 is 1.09 bits per heavy atom. The summed E-state index contributed by atoms with van der Waals surface area (Å²) < 4.78 is 34.5. The lowest BCUT2D eigenvalue weighted by Crippen LogP contribution is -2.29. The van der Waals surface area contributed by atoms with Crippen LogP contribution in [0.5, 0.6) is 5.88 Å². The molecule has 2 atom stereocenters. The van der Waals surface area contributed by atoms with Crippen molar-refractivity contribution in [3.05, 3.63) is 47.5 Å². The van der Waals surface area contributed by atoms with Gasteiger partial charge in [0, 0.05) is 24.2 Å². The van der Waals surface area contributed by atoms with Crippen LogP contribution in [0.15, 0.2) is 18.7 Å². The minimum absolute atomic E-state index is 0.225. The standard InChI is InChI=1S/C24H31N7O3S/c1-14-10-25-21(26-11-14)15(2)17(4)35(32,33)12-19-29-30-22(18-8-24(9-18)6-7-24)31(19)20-16(3)27-13-28-23(20)34-5/h10-11,13,15,17-18H,6-9,12H2,1-5H3/t15-,17-/m0/s1. The molecule has 0 aromatic carbocycles. The van der Waals surface area contributed by atoms with Gasteiger partial charge in [0.1, 0.15) is 29.4 Å². The van der Waals surface area contributed by atoms with E-state index in [-0.39, 0.29) is 17.6 Å². The van der Waals surface area contributed by atoms with Crippen molar-refractivity contribution in [2.75, 3.05) is 7.11 Å². The highest BCUT2D eigenvalue weighted by Crippen LogP contribution is 2.66. The minimum atomic E-state index is -3.63. The molecule has 2 saturated carbocycles. The van der Waals surface area contributed by atoms with Gasteiger partial charge in [-0.05, 0) is 57.4 Å². The normalized spacial score (nSPS) is 18.8. The van der Waals surface area contributed by atoms with Crippen molar-refractivity contribution in [1.29, 1.82) is 0 Å². The van der Waals surface area contributed by atoms with E-state index in [1.165, 1.54) is 19.2 Å². The van der Waals surface area contributed by atoms with Crippen molar-refractivity contribution < 1.29 is 13.2 Å². The molecule has 0 aliphatic heterocycles. The maximum atomic E-state index is 13.6. The fourth-order valence-corrected chi connectivity index (χ4v) is 6.56. The van der Waals surface area contributed by atoms with Crippen LogP contribution in [-0.2, 0) is 15.6 Å². The van der Waals surface area contributed by atoms with Gasteiger partial charge in [0.05, 0.1) is 18.1 Å². The third kappa shape index (κ3) is 4.30. The molecule has 0 amide bonds. The van der Waals surface area contributed by atoms with Crippen LogP contribution in [0.2, 0.25) is 0 Å². The van der Waals surface area contributed by atoms with Crippen molar-refractivity contribution in [2.45, 2.75) is 76.2 Å². The molecular formula is C24H31N7O3S. The van der Waals surface area contributed by atoms with E-state index in [0.717, 1.165) is 24.2 Å². The highest BCUT2D eigenvalue weighted by Gasteiger charge is 2.54. The van der Waals surface area contributed by atoms with Crippen LogP contribution in [0, 0.1) is 19.3 Å². The number of aryl methyl sites for hydroxylation is 2. The van der Waals surface area contributed by atoms with Crippen LogP contribution in [0.25, 0.3) is 5.69 Å². The summed E-state index contributed by atoms with van der Waals surface area (Å²) in [7, 11) is -2.09. The van der Waals surface area contributed by atoms with Crippen LogP contribution in [0.1, 0.15) is 80.1 Å². The summed E-state index contributed by atoms with van der Waals surface area (Å²) in [6.45, 7) is 7.29. The summed E-state index contributed by atoms with van der Waals surface area (Å²) >= 11 is 0. The lowest BCUT2D eigenvalue weighted by Gasteiger charge is -2.35. The highest BCUT2D eigenvalue weighted by atomic mass is 32.2. The maximum absolute atomic E-state index is 13.6. The van der Waals surface area contributed by atoms with Crippen LogP contribution < -0.4 is 4.74 Å². The van der Waals surface area contributed by atoms with Gasteiger partial charge in [-0.1, -0.05) is 6.92 Å². The van der Waals surface area contributed by atoms with Gasteiger partial charge >= 0.3 is 0 Å². The molecule has 3 aromatic heterocycles. The van der Waals surface area contributed by atoms with E-state index in [1.807, 2.05) is 25.3 Å². The van der Waals surface area contributed by atoms with Gasteiger partial charge in [0.2, 0.25) is 5.88 Å². The Balaban J connectivity index is 1.51. The number of hydrogen-bond donors (Lipinski definition) is 0. The third-order valence-corrected chi connectivity index (χ3v) is 9.84. The van der Waals surface area contributed by atoms with E-state index in [9.17, 15) is 8.42 Å². The predicted octanol–water partition coefficient (Wildman–Crippen LogP) is 3.24. The maximum Gasteiger partial charge on any atom is 0.241 e. The number of sulfone groups is 1. The third-order valence-electron chi connectivity index (χ3n) is 7.63. The summed E-state index contributed by atoms with van der Waals surface area (Å²) in [5, 5.41) is 8.16. The molecule has 0 radical (unpaired) electrons. The van der Waals surface area contributed by atoms with E-state index in [0.29, 0.717) is 34.3 Å². The van der Waals surface area contributed by atoms with Crippen LogP contribution in [0.3, 0.4) is 0 Å². The van der Waals surface area contributed by atoms with Crippen molar-refractivity contribution >= 4 is 9.84 Å². The Labute approximate surface area is 205 Å². The molecule has 10 nitrogen and oxygen atoms in total. The molecule has 35 heavy (non-hydrogen) atoms. The molecule has 0 N–H and O–H groups in total. The van der Waals surface area contributed by atoms with Crippen LogP contribution in [0.4, 0.5) is 0 Å². The Morgan fingerprint density at radius 3 is 2.40 bits per heavy atom. The van der Waals surface area contributed by atoms with E-state index >= 15 is 0 Å². The summed E-state index contributed by atoms with van der Waals surface area (Å²) in [4.78, 5) is 17.3. The lowest BCUT2D eigenvalue weighted by molar-refractivity contribution is 0.226. The van der Waals surface area contributed by atoms with E-state index in [1.54, 1.807) is 26.4 Å². The second kappa shape index (κ2) is 8.61. The number of methoxy groups -OCH3 is 1. The van der Waals surface area contributed by atoms with E-state index in [2.05, 4.69) is 30.1 Å². The summed E-state index contributed by atoms with van der Waals surface area (Å²) in [6.07, 6.45) is 9.45. The number of nitrogens with zero attached hydrogens (tertiary/aromatic N) is 7. The Kier molecular flexibility index (Phi) is 5.85. The average Bonchev–Trinajstić information content (AvgIpc) is 3.53. The number of ether oxygens (including phenoxy) is 1. The monoisotopic (exact) mass is 497 g/mol. The first kappa shape index (κ1) is 23.8. The summed E-state index contributed by atoms with van der Waals surface area (Å²) in [6, 6.07) is 0. The fourth-order valence-electron chi connectivity index (χ4n) is 5.01. The van der Waals surface area contributed by atoms with Gasteiger partial charge in [-0.2, -0.15) is 4.98 Å². The molecule has 11 heteroatoms. The second-order valence-electron chi connectivity index (χ2n) is 10.2. The summed E-state index contributed by atoms with van der Waals surface area (Å²) in [5.41, 5.74) is 2.65. The van der Waals surface area contributed by atoms with Gasteiger partial charge in [-0.15, -0.1) is 10.2 Å². The van der Waals surface area contributed by atoms with Gasteiger partial charge in [-0.3, -0.25) is 4.57 Å². The van der Waals surface area contributed by atoms with E-state index in [4.69, 9.17) is 4.74 Å². The molecule has 186 valence electrons. The zero-order valence-corrected chi connectivity index (χ0v) is 21.6. The first-order valence-electron chi connectivity index (χ1n) is 11.9. The SMILES string of the molecule is COc1ncnc(C)c1-n1c(CS(=O)(=O)[C@@H](C)[C@H](C)c2ncc(C)cn2)nnc1C1CC2(CC2)C1. The quantitative estimate of drug-likeness (QED) is 0.461. The van der Waals surface area contributed by atoms with Gasteiger partial charge in [-0.25, -0.2) is 23.4 Å². The first-order valence-corrected chi connectivity index (χ1v) is 13.7. The van der Waals surface area contributed by atoms with Crippen molar-refractivity contribution in [3.63, 3.8) is 0 Å². The smallest absolute Gasteiger partial charge is 0.241 e. The van der Waals surface area contributed by atoms with E-state index < -0.39 is 15.1 Å². The highest BCUT2D eigenvalue weighted by molar-refractivity contribution is 7.91. The Bertz CT molecular complexity index is 1340. The molecule has 0 bridgehead atoms. The van der Waals surface area contributed by atoms with Crippen molar-refractivity contribution in [2.24, 2.45) is 5.41 Å².